The van der Waals surface area contributed by atoms with E-state index in [9.17, 15) is 22.8 Å². The molecular formula is C25H29F3N4O2. The fourth-order valence-electron chi connectivity index (χ4n) is 4.41. The second-order valence-corrected chi connectivity index (χ2v) is 8.90. The van der Waals surface area contributed by atoms with Crippen LogP contribution in [-0.2, 0) is 16.1 Å². The molecule has 4 rings (SSSR count). The molecule has 0 aliphatic carbocycles. The number of carbonyl (C=O) groups is 2. The molecule has 2 amide bonds. The van der Waals surface area contributed by atoms with E-state index in [-0.39, 0.29) is 24.7 Å². The van der Waals surface area contributed by atoms with E-state index < -0.39 is 18.1 Å². The molecule has 2 aromatic rings. The van der Waals surface area contributed by atoms with Crippen LogP contribution in [0.4, 0.5) is 30.2 Å². The van der Waals surface area contributed by atoms with E-state index in [1.807, 2.05) is 53.4 Å². The number of piperidine rings is 2. The number of amides is 2. The number of nitrogens with one attached hydrogen (secondary N) is 3. The smallest absolute Gasteiger partial charge is 0.372 e. The maximum atomic E-state index is 12.9. The van der Waals surface area contributed by atoms with Crippen LogP contribution in [0.1, 0.15) is 37.7 Å². The van der Waals surface area contributed by atoms with Gasteiger partial charge in [0.05, 0.1) is 5.92 Å². The van der Waals surface area contributed by atoms with Gasteiger partial charge in [-0.05, 0) is 67.6 Å². The van der Waals surface area contributed by atoms with Gasteiger partial charge in [0.15, 0.2) is 0 Å². The first-order valence-corrected chi connectivity index (χ1v) is 11.6. The normalized spacial score (nSPS) is 19.4. The highest BCUT2D eigenvalue weighted by atomic mass is 19.4. The molecule has 182 valence electrons. The molecule has 2 aliphatic heterocycles. The van der Waals surface area contributed by atoms with Crippen molar-refractivity contribution in [2.45, 2.75) is 50.9 Å². The molecule has 0 aromatic heterocycles. The summed E-state index contributed by atoms with van der Waals surface area (Å²) in [6, 6.07) is 14.9. The van der Waals surface area contributed by atoms with Crippen LogP contribution < -0.4 is 20.9 Å². The number of carbonyl (C=O) groups excluding carboxylic acids is 2. The van der Waals surface area contributed by atoms with Gasteiger partial charge >= 0.3 is 6.18 Å². The Morgan fingerprint density at radius 3 is 2.18 bits per heavy atom. The van der Waals surface area contributed by atoms with Crippen LogP contribution in [-0.4, -0.2) is 37.1 Å². The number of hydrogen-bond acceptors (Lipinski definition) is 4. The number of anilines is 3. The van der Waals surface area contributed by atoms with E-state index in [1.54, 1.807) is 0 Å². The third-order valence-electron chi connectivity index (χ3n) is 6.45. The maximum absolute atomic E-state index is 12.9. The average Bonchev–Trinajstić information content (AvgIpc) is 2.83. The minimum absolute atomic E-state index is 0.0825. The Bertz CT molecular complexity index is 985. The average molecular weight is 475 g/mol. The van der Waals surface area contributed by atoms with Crippen LogP contribution in [0.2, 0.25) is 0 Å². The molecule has 34 heavy (non-hydrogen) atoms. The van der Waals surface area contributed by atoms with Crippen molar-refractivity contribution in [2.24, 2.45) is 5.92 Å². The minimum Gasteiger partial charge on any atom is -0.372 e. The van der Waals surface area contributed by atoms with Crippen LogP contribution in [0, 0.1) is 5.92 Å². The fourth-order valence-corrected chi connectivity index (χ4v) is 4.41. The van der Waals surface area contributed by atoms with Crippen LogP contribution in [0.3, 0.4) is 0 Å². The standard InChI is InChI=1S/C25H29F3N4O2/c26-25(27,28)18-12-14-32(15-13-18)21-10-8-20(9-11-21)30-19-6-4-17(5-7-19)16-29-24(34)22-2-1-3-23(33)31-22/h4-11,18,22,30H,1-3,12-16H2,(H,29,34)(H,31,33)/t22-/m0/s1. The molecule has 0 radical (unpaired) electrons. The zero-order chi connectivity index (χ0) is 24.1. The van der Waals surface area contributed by atoms with Crippen molar-refractivity contribution in [3.05, 3.63) is 54.1 Å². The first-order chi connectivity index (χ1) is 16.3. The highest BCUT2D eigenvalue weighted by molar-refractivity contribution is 5.88. The van der Waals surface area contributed by atoms with E-state index in [2.05, 4.69) is 16.0 Å². The molecule has 2 aromatic carbocycles. The lowest BCUT2D eigenvalue weighted by molar-refractivity contribution is -0.179. The van der Waals surface area contributed by atoms with Crippen molar-refractivity contribution in [3.63, 3.8) is 0 Å². The highest BCUT2D eigenvalue weighted by Gasteiger charge is 2.41. The van der Waals surface area contributed by atoms with E-state index in [4.69, 9.17) is 0 Å². The molecule has 0 saturated carbocycles. The van der Waals surface area contributed by atoms with E-state index in [0.29, 0.717) is 32.5 Å². The van der Waals surface area contributed by atoms with Crippen LogP contribution in [0.15, 0.2) is 48.5 Å². The molecule has 1 atom stereocenters. The second kappa shape index (κ2) is 10.4. The topological polar surface area (TPSA) is 73.5 Å². The third kappa shape index (κ3) is 6.21. The van der Waals surface area contributed by atoms with Crippen LogP contribution >= 0.6 is 0 Å². The zero-order valence-corrected chi connectivity index (χ0v) is 18.8. The molecular weight excluding hydrogens is 445 g/mol. The Hall–Kier alpha value is -3.23. The van der Waals surface area contributed by atoms with Gasteiger partial charge < -0.3 is 20.9 Å². The van der Waals surface area contributed by atoms with Crippen molar-refractivity contribution < 1.29 is 22.8 Å². The molecule has 2 aliphatic rings. The molecule has 0 bridgehead atoms. The monoisotopic (exact) mass is 474 g/mol. The summed E-state index contributed by atoms with van der Waals surface area (Å²) in [5, 5.41) is 8.89. The Labute approximate surface area is 196 Å². The molecule has 6 nitrogen and oxygen atoms in total. The van der Waals surface area contributed by atoms with E-state index in [1.165, 1.54) is 0 Å². The van der Waals surface area contributed by atoms with Crippen LogP contribution in [0.5, 0.6) is 0 Å². The van der Waals surface area contributed by atoms with Crippen LogP contribution in [0.25, 0.3) is 0 Å². The van der Waals surface area contributed by atoms with Gasteiger partial charge in [-0.25, -0.2) is 0 Å². The lowest BCUT2D eigenvalue weighted by Gasteiger charge is -2.34. The molecule has 0 spiro atoms. The summed E-state index contributed by atoms with van der Waals surface area (Å²) >= 11 is 0. The summed E-state index contributed by atoms with van der Waals surface area (Å²) in [6.07, 6.45) is -1.99. The Kier molecular flexibility index (Phi) is 7.29. The van der Waals surface area contributed by atoms with Gasteiger partial charge in [0.25, 0.3) is 0 Å². The minimum atomic E-state index is -4.10. The van der Waals surface area contributed by atoms with Gasteiger partial charge in [-0.15, -0.1) is 0 Å². The predicted molar refractivity (Wildman–Crippen MR) is 125 cm³/mol. The SMILES string of the molecule is O=C1CCC[C@@H](C(=O)NCc2ccc(Nc3ccc(N4CCC(C(F)(F)F)CC4)cc3)cc2)N1. The van der Waals surface area contributed by atoms with E-state index in [0.717, 1.165) is 29.0 Å². The number of rotatable bonds is 6. The summed E-state index contributed by atoms with van der Waals surface area (Å²) in [7, 11) is 0. The molecule has 2 saturated heterocycles. The van der Waals surface area contributed by atoms with Crippen molar-refractivity contribution in [1.29, 1.82) is 0 Å². The second-order valence-electron chi connectivity index (χ2n) is 8.90. The van der Waals surface area contributed by atoms with Gasteiger partial charge in [0, 0.05) is 43.1 Å². The highest BCUT2D eigenvalue weighted by Crippen LogP contribution is 2.35. The Morgan fingerprint density at radius 1 is 0.971 bits per heavy atom. The number of hydrogen-bond donors (Lipinski definition) is 3. The summed E-state index contributed by atoms with van der Waals surface area (Å²) in [5.74, 6) is -1.45. The summed E-state index contributed by atoms with van der Waals surface area (Å²) in [5.41, 5.74) is 3.63. The lowest BCUT2D eigenvalue weighted by atomic mass is 9.96. The Morgan fingerprint density at radius 2 is 1.59 bits per heavy atom. The van der Waals surface area contributed by atoms with Gasteiger partial charge in [-0.1, -0.05) is 12.1 Å². The summed E-state index contributed by atoms with van der Waals surface area (Å²) in [4.78, 5) is 25.7. The van der Waals surface area contributed by atoms with Gasteiger partial charge in [-0.2, -0.15) is 13.2 Å². The van der Waals surface area contributed by atoms with Gasteiger partial charge in [0.1, 0.15) is 6.04 Å². The zero-order valence-electron chi connectivity index (χ0n) is 18.8. The fraction of sp³-hybridized carbons (Fsp3) is 0.440. The largest absolute Gasteiger partial charge is 0.391 e. The third-order valence-corrected chi connectivity index (χ3v) is 6.45. The van der Waals surface area contributed by atoms with Crippen molar-refractivity contribution >= 4 is 28.9 Å². The quantitative estimate of drug-likeness (QED) is 0.577. The lowest BCUT2D eigenvalue weighted by Crippen LogP contribution is -2.48. The molecule has 9 heteroatoms. The number of benzene rings is 2. The summed E-state index contributed by atoms with van der Waals surface area (Å²) in [6.45, 7) is 1.19. The maximum Gasteiger partial charge on any atom is 0.391 e. The first kappa shape index (κ1) is 23.9. The van der Waals surface area contributed by atoms with E-state index >= 15 is 0 Å². The van der Waals surface area contributed by atoms with Gasteiger partial charge in [-0.3, -0.25) is 9.59 Å². The molecule has 2 heterocycles. The van der Waals surface area contributed by atoms with Crippen molar-refractivity contribution in [1.82, 2.24) is 10.6 Å². The summed E-state index contributed by atoms with van der Waals surface area (Å²) < 4.78 is 38.6. The predicted octanol–water partition coefficient (Wildman–Crippen LogP) is 4.49. The number of nitrogens with zero attached hydrogens (tertiary/aromatic N) is 1. The van der Waals surface area contributed by atoms with Gasteiger partial charge in [0.2, 0.25) is 11.8 Å². The number of halogens is 3. The Balaban J connectivity index is 1.25. The van der Waals surface area contributed by atoms with Crippen molar-refractivity contribution in [3.8, 4) is 0 Å². The number of alkyl halides is 3. The molecule has 0 unspecified atom stereocenters. The molecule has 2 fully saturated rings. The molecule has 3 N–H and O–H groups in total. The first-order valence-electron chi connectivity index (χ1n) is 11.6. The van der Waals surface area contributed by atoms with Crippen molar-refractivity contribution in [2.75, 3.05) is 23.3 Å².